The Hall–Kier alpha value is -1.65. The fraction of sp³-hybridized carbons (Fsp3) is 0.471. The smallest absolute Gasteiger partial charge is 0.145 e. The Morgan fingerprint density at radius 1 is 1.29 bits per heavy atom. The van der Waals surface area contributed by atoms with Crippen molar-refractivity contribution in [2.24, 2.45) is 0 Å². The minimum atomic E-state index is 0.605. The number of ether oxygens (including phenoxy) is 1. The maximum atomic E-state index is 5.40. The third-order valence-corrected chi connectivity index (χ3v) is 4.20. The second-order valence-electron chi connectivity index (χ2n) is 5.59. The molecule has 1 unspecified atom stereocenters. The Bertz CT molecular complexity index is 592. The summed E-state index contributed by atoms with van der Waals surface area (Å²) in [7, 11) is 1.69. The first-order chi connectivity index (χ1) is 10.4. The van der Waals surface area contributed by atoms with Gasteiger partial charge in [0.05, 0.1) is 7.11 Å². The Kier molecular flexibility index (Phi) is 4.68. The van der Waals surface area contributed by atoms with Crippen molar-refractivity contribution in [3.8, 4) is 5.75 Å². The van der Waals surface area contributed by atoms with E-state index in [9.17, 15) is 0 Å². The van der Waals surface area contributed by atoms with Crippen LogP contribution in [0.2, 0.25) is 0 Å². The molecule has 2 aromatic rings. The van der Waals surface area contributed by atoms with Crippen LogP contribution >= 0.6 is 0 Å². The molecule has 0 bridgehead atoms. The molecule has 0 saturated carbocycles. The summed E-state index contributed by atoms with van der Waals surface area (Å²) in [5.41, 5.74) is 2.23. The van der Waals surface area contributed by atoms with Crippen LogP contribution in [-0.4, -0.2) is 31.2 Å². The average molecular weight is 285 g/mol. The molecular formula is C17H23N3O. The number of fused-ring (bicyclic) bond motifs is 1. The normalized spacial score (nSPS) is 19.4. The topological polar surface area (TPSA) is 46.2 Å². The van der Waals surface area contributed by atoms with E-state index in [0.717, 1.165) is 30.9 Å². The molecule has 1 atom stereocenters. The van der Waals surface area contributed by atoms with Crippen molar-refractivity contribution in [3.05, 3.63) is 36.0 Å². The SMILES string of the molecule is COc1cccc2c(CNC3CCCNCC3)ccnc12. The van der Waals surface area contributed by atoms with E-state index in [0.29, 0.717) is 6.04 Å². The summed E-state index contributed by atoms with van der Waals surface area (Å²) in [5.74, 6) is 0.841. The molecule has 0 amide bonds. The van der Waals surface area contributed by atoms with Gasteiger partial charge < -0.3 is 15.4 Å². The van der Waals surface area contributed by atoms with Gasteiger partial charge in [-0.1, -0.05) is 12.1 Å². The van der Waals surface area contributed by atoms with E-state index in [1.807, 2.05) is 18.3 Å². The molecule has 3 rings (SSSR count). The van der Waals surface area contributed by atoms with E-state index >= 15 is 0 Å². The van der Waals surface area contributed by atoms with Gasteiger partial charge >= 0.3 is 0 Å². The zero-order valence-corrected chi connectivity index (χ0v) is 12.6. The van der Waals surface area contributed by atoms with Crippen molar-refractivity contribution in [1.29, 1.82) is 0 Å². The molecule has 2 N–H and O–H groups in total. The van der Waals surface area contributed by atoms with Crippen molar-refractivity contribution in [2.75, 3.05) is 20.2 Å². The minimum absolute atomic E-state index is 0.605. The lowest BCUT2D eigenvalue weighted by molar-refractivity contribution is 0.419. The molecule has 0 spiro atoms. The van der Waals surface area contributed by atoms with Crippen LogP contribution in [0.5, 0.6) is 5.75 Å². The molecule has 1 aromatic heterocycles. The molecule has 1 aromatic carbocycles. The van der Waals surface area contributed by atoms with Gasteiger partial charge in [0.15, 0.2) is 0 Å². The van der Waals surface area contributed by atoms with E-state index in [1.165, 1.54) is 30.2 Å². The maximum absolute atomic E-state index is 5.40. The highest BCUT2D eigenvalue weighted by molar-refractivity contribution is 5.87. The number of benzene rings is 1. The van der Waals surface area contributed by atoms with Gasteiger partial charge in [-0.3, -0.25) is 4.98 Å². The Morgan fingerprint density at radius 2 is 2.24 bits per heavy atom. The summed E-state index contributed by atoms with van der Waals surface area (Å²) in [6.45, 7) is 3.15. The molecular weight excluding hydrogens is 262 g/mol. The van der Waals surface area contributed by atoms with E-state index < -0.39 is 0 Å². The number of nitrogens with one attached hydrogen (secondary N) is 2. The first-order valence-electron chi connectivity index (χ1n) is 7.73. The third-order valence-electron chi connectivity index (χ3n) is 4.20. The van der Waals surface area contributed by atoms with Crippen LogP contribution in [0.3, 0.4) is 0 Å². The number of aromatic nitrogens is 1. The predicted octanol–water partition coefficient (Wildman–Crippen LogP) is 2.48. The molecule has 112 valence electrons. The number of nitrogens with zero attached hydrogens (tertiary/aromatic N) is 1. The van der Waals surface area contributed by atoms with Crippen molar-refractivity contribution < 1.29 is 4.74 Å². The van der Waals surface area contributed by atoms with Crippen molar-refractivity contribution in [3.63, 3.8) is 0 Å². The lowest BCUT2D eigenvalue weighted by Gasteiger charge is -2.17. The molecule has 1 aliphatic heterocycles. The molecule has 2 heterocycles. The summed E-state index contributed by atoms with van der Waals surface area (Å²) in [6.07, 6.45) is 5.57. The summed E-state index contributed by atoms with van der Waals surface area (Å²) in [6, 6.07) is 8.82. The quantitative estimate of drug-likeness (QED) is 0.906. The van der Waals surface area contributed by atoms with Gasteiger partial charge in [0.25, 0.3) is 0 Å². The highest BCUT2D eigenvalue weighted by Crippen LogP contribution is 2.25. The van der Waals surface area contributed by atoms with Crippen LogP contribution in [0.15, 0.2) is 30.5 Å². The fourth-order valence-electron chi connectivity index (χ4n) is 3.00. The van der Waals surface area contributed by atoms with Crippen LogP contribution in [0.1, 0.15) is 24.8 Å². The zero-order chi connectivity index (χ0) is 14.5. The molecule has 1 fully saturated rings. The largest absolute Gasteiger partial charge is 0.494 e. The predicted molar refractivity (Wildman–Crippen MR) is 85.6 cm³/mol. The lowest BCUT2D eigenvalue weighted by atomic mass is 10.1. The first kappa shape index (κ1) is 14.3. The summed E-state index contributed by atoms with van der Waals surface area (Å²) < 4.78 is 5.40. The Morgan fingerprint density at radius 3 is 3.14 bits per heavy atom. The van der Waals surface area contributed by atoms with E-state index in [2.05, 4.69) is 27.8 Å². The first-order valence-corrected chi connectivity index (χ1v) is 7.73. The molecule has 21 heavy (non-hydrogen) atoms. The van der Waals surface area contributed by atoms with Gasteiger partial charge in [0.2, 0.25) is 0 Å². The molecule has 4 heteroatoms. The Balaban J connectivity index is 1.77. The van der Waals surface area contributed by atoms with Crippen LogP contribution < -0.4 is 15.4 Å². The van der Waals surface area contributed by atoms with Gasteiger partial charge in [-0.2, -0.15) is 0 Å². The summed E-state index contributed by atoms with van der Waals surface area (Å²) in [5, 5.41) is 8.33. The standard InChI is InChI=1S/C17H23N3O/c1-21-16-6-2-5-15-13(7-11-19-17(15)16)12-20-14-4-3-9-18-10-8-14/h2,5-7,11,14,18,20H,3-4,8-10,12H2,1H3. The molecule has 1 saturated heterocycles. The second-order valence-corrected chi connectivity index (χ2v) is 5.59. The second kappa shape index (κ2) is 6.87. The van der Waals surface area contributed by atoms with Crippen LogP contribution in [0, 0.1) is 0 Å². The highest BCUT2D eigenvalue weighted by atomic mass is 16.5. The zero-order valence-electron chi connectivity index (χ0n) is 12.6. The van der Waals surface area contributed by atoms with Crippen molar-refractivity contribution in [1.82, 2.24) is 15.6 Å². The van der Waals surface area contributed by atoms with Gasteiger partial charge in [-0.25, -0.2) is 0 Å². The number of para-hydroxylation sites is 1. The van der Waals surface area contributed by atoms with Gasteiger partial charge in [-0.05, 0) is 50.0 Å². The Labute approximate surface area is 125 Å². The number of hydrogen-bond donors (Lipinski definition) is 2. The lowest BCUT2D eigenvalue weighted by Crippen LogP contribution is -2.29. The maximum Gasteiger partial charge on any atom is 0.145 e. The van der Waals surface area contributed by atoms with Crippen molar-refractivity contribution in [2.45, 2.75) is 31.8 Å². The monoisotopic (exact) mass is 285 g/mol. The summed E-state index contributed by atoms with van der Waals surface area (Å²) in [4.78, 5) is 4.46. The van der Waals surface area contributed by atoms with E-state index in [1.54, 1.807) is 7.11 Å². The molecule has 0 radical (unpaired) electrons. The van der Waals surface area contributed by atoms with Gasteiger partial charge in [0, 0.05) is 24.2 Å². The molecule has 0 aliphatic carbocycles. The number of rotatable bonds is 4. The minimum Gasteiger partial charge on any atom is -0.494 e. The third kappa shape index (κ3) is 3.34. The number of pyridine rings is 1. The summed E-state index contributed by atoms with van der Waals surface area (Å²) >= 11 is 0. The fourth-order valence-corrected chi connectivity index (χ4v) is 3.00. The molecule has 1 aliphatic rings. The number of methoxy groups -OCH3 is 1. The van der Waals surface area contributed by atoms with Crippen LogP contribution in [-0.2, 0) is 6.54 Å². The van der Waals surface area contributed by atoms with Crippen molar-refractivity contribution >= 4 is 10.9 Å². The number of hydrogen-bond acceptors (Lipinski definition) is 4. The molecule has 4 nitrogen and oxygen atoms in total. The average Bonchev–Trinajstić information content (AvgIpc) is 2.81. The van der Waals surface area contributed by atoms with Gasteiger partial charge in [0.1, 0.15) is 11.3 Å². The van der Waals surface area contributed by atoms with Crippen LogP contribution in [0.4, 0.5) is 0 Å². The van der Waals surface area contributed by atoms with Gasteiger partial charge in [-0.15, -0.1) is 0 Å². The van der Waals surface area contributed by atoms with E-state index in [-0.39, 0.29) is 0 Å². The van der Waals surface area contributed by atoms with Crippen LogP contribution in [0.25, 0.3) is 10.9 Å². The highest BCUT2D eigenvalue weighted by Gasteiger charge is 2.12. The van der Waals surface area contributed by atoms with E-state index in [4.69, 9.17) is 4.74 Å².